The molecule has 0 amide bonds. The molecule has 1 heterocycles. The summed E-state index contributed by atoms with van der Waals surface area (Å²) in [5.41, 5.74) is 7.85. The van der Waals surface area contributed by atoms with Crippen molar-refractivity contribution in [3.8, 4) is 0 Å². The molecular weight excluding hydrogens is 376 g/mol. The normalized spacial score (nSPS) is 32.8. The Hall–Kier alpha value is -0.820. The third-order valence-corrected chi connectivity index (χ3v) is 8.91. The Morgan fingerprint density at radius 1 is 0.935 bits per heavy atom. The van der Waals surface area contributed by atoms with Gasteiger partial charge in [-0.25, -0.2) is 0 Å². The van der Waals surface area contributed by atoms with E-state index in [4.69, 9.17) is 4.74 Å². The lowest BCUT2D eigenvalue weighted by Crippen LogP contribution is -2.41. The molecule has 0 aromatic carbocycles. The molecule has 1 nitrogen and oxygen atoms in total. The molecule has 0 aromatic heterocycles. The summed E-state index contributed by atoms with van der Waals surface area (Å²) >= 11 is 0. The van der Waals surface area contributed by atoms with E-state index >= 15 is 0 Å². The minimum atomic E-state index is 0.135. The van der Waals surface area contributed by atoms with Crippen LogP contribution in [0.25, 0.3) is 0 Å². The molecule has 0 aromatic rings. The highest BCUT2D eigenvalue weighted by Crippen LogP contribution is 2.57. The number of rotatable bonds is 9. The molecule has 1 saturated carbocycles. The summed E-state index contributed by atoms with van der Waals surface area (Å²) in [6.45, 7) is 19.0. The zero-order chi connectivity index (χ0) is 22.9. The molecule has 2 unspecified atom stereocenters. The fourth-order valence-corrected chi connectivity index (χ4v) is 6.18. The summed E-state index contributed by atoms with van der Waals surface area (Å²) < 4.78 is 5.71. The van der Waals surface area contributed by atoms with Gasteiger partial charge in [0.1, 0.15) is 0 Å². The largest absolute Gasteiger partial charge is 0.367 e. The molecular formula is C30H50O. The van der Waals surface area contributed by atoms with Gasteiger partial charge in [-0.15, -0.1) is 0 Å². The van der Waals surface area contributed by atoms with Crippen LogP contribution in [0, 0.1) is 16.7 Å². The van der Waals surface area contributed by atoms with Crippen molar-refractivity contribution in [1.29, 1.82) is 0 Å². The van der Waals surface area contributed by atoms with Crippen molar-refractivity contribution in [2.24, 2.45) is 16.7 Å². The molecule has 3 rings (SSSR count). The van der Waals surface area contributed by atoms with Crippen LogP contribution in [0.4, 0.5) is 0 Å². The highest BCUT2D eigenvalue weighted by Gasteiger charge is 2.47. The van der Waals surface area contributed by atoms with Gasteiger partial charge < -0.3 is 4.74 Å². The first-order valence-corrected chi connectivity index (χ1v) is 13.1. The third kappa shape index (κ3) is 6.59. The first kappa shape index (κ1) is 24.8. The predicted molar refractivity (Wildman–Crippen MR) is 135 cm³/mol. The maximum Gasteiger partial charge on any atom is 0.0892 e. The number of hydrogen-bond acceptors (Lipinski definition) is 1. The highest BCUT2D eigenvalue weighted by atomic mass is 16.6. The van der Waals surface area contributed by atoms with Crippen molar-refractivity contribution in [2.45, 2.75) is 138 Å². The zero-order valence-corrected chi connectivity index (χ0v) is 22.0. The molecule has 2 fully saturated rings. The lowest BCUT2D eigenvalue weighted by atomic mass is 9.53. The van der Waals surface area contributed by atoms with E-state index in [1.54, 1.807) is 11.1 Å². The molecule has 3 atom stereocenters. The second-order valence-corrected chi connectivity index (χ2v) is 12.8. The van der Waals surface area contributed by atoms with Gasteiger partial charge >= 0.3 is 0 Å². The van der Waals surface area contributed by atoms with Crippen LogP contribution in [0.3, 0.4) is 0 Å². The standard InChI is InChI=1S/C30H50O/c1-22(11-9-12-23(2)15-16-27-29(6,7)31-27)13-10-14-25-24(3)17-18-30(8)20-19-28(4,5)21-26(25)30/h12-13,26-27H,9-11,14-21H2,1-8H3/b22-13+,23-12+/t26?,27?,30-/m0/s1. The van der Waals surface area contributed by atoms with Crippen LogP contribution in [0.1, 0.15) is 126 Å². The number of allylic oxidation sites excluding steroid dienone is 6. The van der Waals surface area contributed by atoms with E-state index in [0.717, 1.165) is 5.92 Å². The maximum absolute atomic E-state index is 5.71. The van der Waals surface area contributed by atoms with Gasteiger partial charge in [-0.05, 0) is 122 Å². The molecule has 1 aliphatic heterocycles. The fourth-order valence-electron chi connectivity index (χ4n) is 6.18. The number of ether oxygens (including phenoxy) is 1. The molecule has 1 saturated heterocycles. The topological polar surface area (TPSA) is 12.5 Å². The Kier molecular flexibility index (Phi) is 7.67. The molecule has 31 heavy (non-hydrogen) atoms. The minimum Gasteiger partial charge on any atom is -0.367 e. The quantitative estimate of drug-likeness (QED) is 0.264. The van der Waals surface area contributed by atoms with Gasteiger partial charge in [0.25, 0.3) is 0 Å². The van der Waals surface area contributed by atoms with Gasteiger partial charge in [0.2, 0.25) is 0 Å². The first-order valence-electron chi connectivity index (χ1n) is 13.1. The van der Waals surface area contributed by atoms with Crippen molar-refractivity contribution in [1.82, 2.24) is 0 Å². The molecule has 176 valence electrons. The van der Waals surface area contributed by atoms with Crippen LogP contribution in [-0.4, -0.2) is 11.7 Å². The van der Waals surface area contributed by atoms with E-state index in [0.29, 0.717) is 16.9 Å². The Morgan fingerprint density at radius 3 is 2.26 bits per heavy atom. The lowest BCUT2D eigenvalue weighted by molar-refractivity contribution is 0.0444. The van der Waals surface area contributed by atoms with Gasteiger partial charge in [-0.1, -0.05) is 55.2 Å². The number of epoxide rings is 1. The molecule has 0 bridgehead atoms. The molecule has 2 aliphatic carbocycles. The Morgan fingerprint density at radius 2 is 1.58 bits per heavy atom. The molecule has 3 aliphatic rings. The van der Waals surface area contributed by atoms with E-state index in [2.05, 4.69) is 67.5 Å². The fraction of sp³-hybridized carbons (Fsp3) is 0.800. The number of fused-ring (bicyclic) bond motifs is 1. The summed E-state index contributed by atoms with van der Waals surface area (Å²) in [4.78, 5) is 0. The molecule has 0 N–H and O–H groups in total. The highest BCUT2D eigenvalue weighted by molar-refractivity contribution is 5.24. The van der Waals surface area contributed by atoms with E-state index < -0.39 is 0 Å². The van der Waals surface area contributed by atoms with Crippen LogP contribution < -0.4 is 0 Å². The van der Waals surface area contributed by atoms with Crippen LogP contribution >= 0.6 is 0 Å². The Labute approximate surface area is 193 Å². The summed E-state index contributed by atoms with van der Waals surface area (Å²) in [6, 6.07) is 0. The smallest absolute Gasteiger partial charge is 0.0892 e. The van der Waals surface area contributed by atoms with E-state index in [1.807, 2.05) is 5.57 Å². The Balaban J connectivity index is 1.46. The van der Waals surface area contributed by atoms with Crippen LogP contribution in [0.5, 0.6) is 0 Å². The minimum absolute atomic E-state index is 0.135. The lowest BCUT2D eigenvalue weighted by Gasteiger charge is -2.52. The predicted octanol–water partition coefficient (Wildman–Crippen LogP) is 9.34. The van der Waals surface area contributed by atoms with Crippen molar-refractivity contribution in [2.75, 3.05) is 0 Å². The van der Waals surface area contributed by atoms with E-state index in [-0.39, 0.29) is 5.60 Å². The van der Waals surface area contributed by atoms with Crippen LogP contribution in [-0.2, 0) is 4.74 Å². The Bertz CT molecular complexity index is 732. The van der Waals surface area contributed by atoms with E-state index in [9.17, 15) is 0 Å². The van der Waals surface area contributed by atoms with E-state index in [1.165, 1.54) is 76.2 Å². The van der Waals surface area contributed by atoms with Crippen LogP contribution in [0.15, 0.2) is 34.4 Å². The van der Waals surface area contributed by atoms with Gasteiger partial charge in [0.05, 0.1) is 11.7 Å². The first-order chi connectivity index (χ1) is 14.4. The average molecular weight is 427 g/mol. The van der Waals surface area contributed by atoms with Gasteiger partial charge in [-0.3, -0.25) is 0 Å². The molecule has 0 radical (unpaired) electrons. The summed E-state index contributed by atoms with van der Waals surface area (Å²) in [5, 5.41) is 0. The molecule has 0 spiro atoms. The zero-order valence-electron chi connectivity index (χ0n) is 22.0. The van der Waals surface area contributed by atoms with Crippen LogP contribution in [0.2, 0.25) is 0 Å². The monoisotopic (exact) mass is 426 g/mol. The van der Waals surface area contributed by atoms with Gasteiger partial charge in [-0.2, -0.15) is 0 Å². The summed E-state index contributed by atoms with van der Waals surface area (Å²) in [6.07, 6.45) is 19.7. The van der Waals surface area contributed by atoms with Crippen molar-refractivity contribution in [3.63, 3.8) is 0 Å². The molecule has 1 heteroatoms. The van der Waals surface area contributed by atoms with Crippen molar-refractivity contribution >= 4 is 0 Å². The van der Waals surface area contributed by atoms with Gasteiger partial charge in [0.15, 0.2) is 0 Å². The third-order valence-electron chi connectivity index (χ3n) is 8.91. The SMILES string of the molecule is CC1=C(CC/C=C(\C)CC/C=C(\C)CCC2OC2(C)C)C2CC(C)(C)CC[C@]2(C)CC1. The maximum atomic E-state index is 5.71. The second-order valence-electron chi connectivity index (χ2n) is 12.8. The van der Waals surface area contributed by atoms with Crippen molar-refractivity contribution < 1.29 is 4.74 Å². The average Bonchev–Trinajstić information content (AvgIpc) is 3.30. The second kappa shape index (κ2) is 9.58. The van der Waals surface area contributed by atoms with Crippen molar-refractivity contribution in [3.05, 3.63) is 34.4 Å². The van der Waals surface area contributed by atoms with Gasteiger partial charge in [0, 0.05) is 0 Å². The summed E-state index contributed by atoms with van der Waals surface area (Å²) in [7, 11) is 0. The summed E-state index contributed by atoms with van der Waals surface area (Å²) in [5.74, 6) is 0.824. The number of hydrogen-bond donors (Lipinski definition) is 0.